The number of amides is 2. The highest BCUT2D eigenvalue weighted by Crippen LogP contribution is 2.30. The number of aryl methyl sites for hydroxylation is 1. The summed E-state index contributed by atoms with van der Waals surface area (Å²) in [6.07, 6.45) is 0. The van der Waals surface area contributed by atoms with Gasteiger partial charge >= 0.3 is 0 Å². The second-order valence-electron chi connectivity index (χ2n) is 7.10. The summed E-state index contributed by atoms with van der Waals surface area (Å²) in [5, 5.41) is 0.426. The number of hydrogen-bond acceptors (Lipinski definition) is 7. The second-order valence-corrected chi connectivity index (χ2v) is 8.97. The lowest BCUT2D eigenvalue weighted by Gasteiger charge is -2.33. The molecule has 1 saturated heterocycles. The first-order valence-corrected chi connectivity index (χ1v) is 10.9. The van der Waals surface area contributed by atoms with E-state index in [2.05, 4.69) is 0 Å². The van der Waals surface area contributed by atoms with Crippen LogP contribution in [0.5, 0.6) is 5.75 Å². The van der Waals surface area contributed by atoms with Crippen molar-refractivity contribution in [1.82, 2.24) is 9.21 Å². The summed E-state index contributed by atoms with van der Waals surface area (Å²) >= 11 is 0. The highest BCUT2D eigenvalue weighted by molar-refractivity contribution is 7.89. The number of ether oxygens (including phenoxy) is 1. The molecule has 3 aromatic rings. The first kappa shape index (κ1) is 20.9. The third-order valence-electron chi connectivity index (χ3n) is 5.28. The molecule has 0 spiro atoms. The van der Waals surface area contributed by atoms with Crippen LogP contribution in [0.2, 0.25) is 0 Å². The van der Waals surface area contributed by atoms with Gasteiger partial charge in [0.1, 0.15) is 11.3 Å². The van der Waals surface area contributed by atoms with Gasteiger partial charge in [-0.25, -0.2) is 8.42 Å². The van der Waals surface area contributed by atoms with Crippen molar-refractivity contribution in [2.75, 3.05) is 33.3 Å². The van der Waals surface area contributed by atoms with Crippen LogP contribution in [-0.4, -0.2) is 62.7 Å². The maximum Gasteiger partial charge on any atom is 0.289 e. The van der Waals surface area contributed by atoms with Crippen LogP contribution in [0.1, 0.15) is 26.7 Å². The minimum absolute atomic E-state index is 0.0772. The van der Waals surface area contributed by atoms with Gasteiger partial charge in [0.25, 0.3) is 21.8 Å². The molecule has 0 atom stereocenters. The van der Waals surface area contributed by atoms with Gasteiger partial charge < -0.3 is 24.2 Å². The van der Waals surface area contributed by atoms with Crippen molar-refractivity contribution >= 4 is 32.8 Å². The Kier molecular flexibility index (Phi) is 5.23. The Bertz CT molecular complexity index is 1270. The van der Waals surface area contributed by atoms with Gasteiger partial charge in [-0.05, 0) is 37.3 Å². The van der Waals surface area contributed by atoms with Crippen LogP contribution in [0, 0.1) is 6.92 Å². The molecule has 0 unspecified atom stereocenters. The first-order valence-electron chi connectivity index (χ1n) is 9.48. The average Bonchev–Trinajstić information content (AvgIpc) is 3.39. The first-order chi connectivity index (χ1) is 14.7. The Hall–Kier alpha value is -3.31. The Morgan fingerprint density at radius 1 is 1.06 bits per heavy atom. The summed E-state index contributed by atoms with van der Waals surface area (Å²) in [5.74, 6) is -0.512. The molecule has 0 saturated carbocycles. The molecular formula is C20H21N3O7S. The van der Waals surface area contributed by atoms with Crippen molar-refractivity contribution in [3.05, 3.63) is 47.4 Å². The average molecular weight is 447 g/mol. The van der Waals surface area contributed by atoms with Gasteiger partial charge in [0, 0.05) is 37.1 Å². The number of primary amides is 1. The molecule has 3 heterocycles. The van der Waals surface area contributed by atoms with E-state index < -0.39 is 15.9 Å². The van der Waals surface area contributed by atoms with E-state index in [1.54, 1.807) is 37.1 Å². The van der Waals surface area contributed by atoms with Gasteiger partial charge in [-0.15, -0.1) is 0 Å². The summed E-state index contributed by atoms with van der Waals surface area (Å²) in [6.45, 7) is 2.32. The topological polar surface area (TPSA) is 136 Å². The number of nitrogens with two attached hydrogens (primary N) is 1. The molecule has 1 aliphatic rings. The predicted molar refractivity (Wildman–Crippen MR) is 109 cm³/mol. The fourth-order valence-electron chi connectivity index (χ4n) is 3.52. The molecule has 10 nitrogen and oxygen atoms in total. The highest BCUT2D eigenvalue weighted by atomic mass is 32.2. The van der Waals surface area contributed by atoms with Crippen molar-refractivity contribution in [1.29, 1.82) is 0 Å². The number of methoxy groups -OCH3 is 1. The van der Waals surface area contributed by atoms with Gasteiger partial charge in [0.15, 0.2) is 11.5 Å². The van der Waals surface area contributed by atoms with Crippen LogP contribution < -0.4 is 10.5 Å². The lowest BCUT2D eigenvalue weighted by Crippen LogP contribution is -2.50. The number of carbonyl (C=O) groups excluding carboxylic acids is 2. The van der Waals surface area contributed by atoms with E-state index in [9.17, 15) is 18.0 Å². The minimum Gasteiger partial charge on any atom is -0.497 e. The zero-order chi connectivity index (χ0) is 22.3. The van der Waals surface area contributed by atoms with E-state index >= 15 is 0 Å². The Morgan fingerprint density at radius 3 is 2.39 bits per heavy atom. The van der Waals surface area contributed by atoms with Crippen molar-refractivity contribution in [2.24, 2.45) is 5.73 Å². The summed E-state index contributed by atoms with van der Waals surface area (Å²) in [7, 11) is -2.38. The fraction of sp³-hybridized carbons (Fsp3) is 0.300. The quantitative estimate of drug-likeness (QED) is 0.627. The Balaban J connectivity index is 1.49. The van der Waals surface area contributed by atoms with Crippen LogP contribution >= 0.6 is 0 Å². The minimum atomic E-state index is -3.94. The standard InChI is InChI=1S/C20H21N3O7S/c1-12-14-11-13(28-2)3-4-15(14)30-18(12)20(25)22-7-9-23(10-8-22)31(26,27)17-6-5-16(29-17)19(21)24/h3-6,11H,7-10H2,1-2H3,(H2,21,24). The SMILES string of the molecule is COc1ccc2oc(C(=O)N3CCN(S(=O)(=O)c4ccc(C(N)=O)o4)CC3)c(C)c2c1. The zero-order valence-electron chi connectivity index (χ0n) is 17.0. The number of furan rings is 2. The lowest BCUT2D eigenvalue weighted by atomic mass is 10.1. The van der Waals surface area contributed by atoms with Crippen molar-refractivity contribution in [3.63, 3.8) is 0 Å². The molecule has 164 valence electrons. The van der Waals surface area contributed by atoms with Gasteiger partial charge in [-0.3, -0.25) is 9.59 Å². The number of fused-ring (bicyclic) bond motifs is 1. The van der Waals surface area contributed by atoms with Crippen molar-refractivity contribution in [3.8, 4) is 5.75 Å². The molecule has 2 aromatic heterocycles. The molecule has 1 aromatic carbocycles. The number of benzene rings is 1. The Morgan fingerprint density at radius 2 is 1.77 bits per heavy atom. The molecule has 2 N–H and O–H groups in total. The lowest BCUT2D eigenvalue weighted by molar-refractivity contribution is 0.0666. The molecule has 11 heteroatoms. The fourth-order valence-corrected chi connectivity index (χ4v) is 4.86. The monoisotopic (exact) mass is 447 g/mol. The summed E-state index contributed by atoms with van der Waals surface area (Å²) in [5.41, 5.74) is 6.38. The van der Waals surface area contributed by atoms with Gasteiger partial charge in [-0.2, -0.15) is 4.31 Å². The molecule has 0 bridgehead atoms. The highest BCUT2D eigenvalue weighted by Gasteiger charge is 2.34. The van der Waals surface area contributed by atoms with Crippen molar-refractivity contribution in [2.45, 2.75) is 12.0 Å². The van der Waals surface area contributed by atoms with E-state index in [4.69, 9.17) is 19.3 Å². The smallest absolute Gasteiger partial charge is 0.289 e. The van der Waals surface area contributed by atoms with Crippen LogP contribution in [0.4, 0.5) is 0 Å². The van der Waals surface area contributed by atoms with E-state index in [1.165, 1.54) is 16.4 Å². The molecule has 1 aliphatic heterocycles. The van der Waals surface area contributed by atoms with Crippen LogP contribution in [0.25, 0.3) is 11.0 Å². The number of carbonyl (C=O) groups is 2. The third kappa shape index (κ3) is 3.66. The molecule has 0 radical (unpaired) electrons. The van der Waals surface area contributed by atoms with Gasteiger partial charge in [-0.1, -0.05) is 0 Å². The van der Waals surface area contributed by atoms with E-state index in [1.807, 2.05) is 0 Å². The predicted octanol–water partition coefficient (Wildman–Crippen LogP) is 1.59. The largest absolute Gasteiger partial charge is 0.497 e. The zero-order valence-corrected chi connectivity index (χ0v) is 17.8. The molecular weight excluding hydrogens is 426 g/mol. The summed E-state index contributed by atoms with van der Waals surface area (Å²) < 4.78 is 42.8. The molecule has 2 amide bonds. The number of sulfonamides is 1. The maximum absolute atomic E-state index is 13.0. The number of nitrogens with zero attached hydrogens (tertiary/aromatic N) is 2. The molecule has 0 aliphatic carbocycles. The number of hydrogen-bond donors (Lipinski definition) is 1. The van der Waals surface area contributed by atoms with Gasteiger partial charge in [0.2, 0.25) is 5.09 Å². The van der Waals surface area contributed by atoms with Crippen LogP contribution in [-0.2, 0) is 10.0 Å². The Labute approximate surface area is 178 Å². The molecule has 4 rings (SSSR count). The van der Waals surface area contributed by atoms with E-state index in [0.29, 0.717) is 16.9 Å². The van der Waals surface area contributed by atoms with Crippen LogP contribution in [0.15, 0.2) is 44.3 Å². The number of piperazine rings is 1. The van der Waals surface area contributed by atoms with Crippen molar-refractivity contribution < 1.29 is 31.6 Å². The summed E-state index contributed by atoms with van der Waals surface area (Å²) in [4.78, 5) is 25.7. The second kappa shape index (κ2) is 7.75. The normalized spacial score (nSPS) is 15.4. The van der Waals surface area contributed by atoms with E-state index in [-0.39, 0.29) is 48.7 Å². The van der Waals surface area contributed by atoms with Gasteiger partial charge in [0.05, 0.1) is 7.11 Å². The van der Waals surface area contributed by atoms with E-state index in [0.717, 1.165) is 5.39 Å². The van der Waals surface area contributed by atoms with Crippen LogP contribution in [0.3, 0.4) is 0 Å². The summed E-state index contributed by atoms with van der Waals surface area (Å²) in [6, 6.07) is 7.71. The molecule has 1 fully saturated rings. The third-order valence-corrected chi connectivity index (χ3v) is 7.05. The number of rotatable bonds is 5. The molecule has 31 heavy (non-hydrogen) atoms. The maximum atomic E-state index is 13.0.